The van der Waals surface area contributed by atoms with E-state index in [-0.39, 0.29) is 5.91 Å². The number of ether oxygens (including phenoxy) is 1. The Morgan fingerprint density at radius 1 is 1.41 bits per heavy atom. The number of aromatic nitrogens is 2. The first-order valence-electron chi connectivity index (χ1n) is 4.95. The van der Waals surface area contributed by atoms with Gasteiger partial charge in [-0.25, -0.2) is 0 Å². The predicted molar refractivity (Wildman–Crippen MR) is 65.0 cm³/mol. The first-order valence-corrected chi connectivity index (χ1v) is 5.83. The zero-order valence-electron chi connectivity index (χ0n) is 9.21. The second kappa shape index (κ2) is 5.51. The van der Waals surface area contributed by atoms with E-state index in [0.29, 0.717) is 17.3 Å². The number of anilines is 1. The number of benzene rings is 1. The number of amides is 1. The van der Waals surface area contributed by atoms with E-state index in [1.54, 1.807) is 24.8 Å². The summed E-state index contributed by atoms with van der Waals surface area (Å²) in [5, 5.41) is 10.6. The number of nitrogens with zero attached hydrogens (tertiary/aromatic N) is 2. The van der Waals surface area contributed by atoms with E-state index in [1.807, 2.05) is 12.1 Å². The molecule has 0 aliphatic rings. The van der Waals surface area contributed by atoms with Gasteiger partial charge in [-0.15, -0.1) is 10.2 Å². The highest BCUT2D eigenvalue weighted by atomic mass is 32.1. The molecule has 0 unspecified atom stereocenters. The van der Waals surface area contributed by atoms with Crippen molar-refractivity contribution in [2.75, 3.05) is 12.4 Å². The van der Waals surface area contributed by atoms with E-state index >= 15 is 0 Å². The standard InChI is InChI=1S/C11H11N3O2S/c1-16-6-8-2-4-9(5-3-8)10(15)13-11-14-12-7-17-11/h2-5,7H,6H2,1H3,(H,13,14,15). The maximum absolute atomic E-state index is 11.8. The second-order valence-electron chi connectivity index (χ2n) is 3.33. The summed E-state index contributed by atoms with van der Waals surface area (Å²) in [7, 11) is 1.64. The summed E-state index contributed by atoms with van der Waals surface area (Å²) in [5.41, 5.74) is 3.18. The molecule has 0 bridgehead atoms. The second-order valence-corrected chi connectivity index (χ2v) is 4.16. The molecule has 0 saturated heterocycles. The van der Waals surface area contributed by atoms with Crippen LogP contribution >= 0.6 is 11.3 Å². The van der Waals surface area contributed by atoms with Crippen molar-refractivity contribution in [3.8, 4) is 0 Å². The zero-order chi connectivity index (χ0) is 12.1. The third-order valence-electron chi connectivity index (χ3n) is 2.11. The van der Waals surface area contributed by atoms with E-state index in [4.69, 9.17) is 4.74 Å². The molecule has 0 atom stereocenters. The van der Waals surface area contributed by atoms with E-state index in [2.05, 4.69) is 15.5 Å². The van der Waals surface area contributed by atoms with Crippen LogP contribution in [0.3, 0.4) is 0 Å². The minimum atomic E-state index is -0.189. The smallest absolute Gasteiger partial charge is 0.257 e. The van der Waals surface area contributed by atoms with Crippen LogP contribution in [0.25, 0.3) is 0 Å². The van der Waals surface area contributed by atoms with Crippen molar-refractivity contribution in [2.24, 2.45) is 0 Å². The fraction of sp³-hybridized carbons (Fsp3) is 0.182. The Morgan fingerprint density at radius 2 is 2.18 bits per heavy atom. The molecule has 1 N–H and O–H groups in total. The van der Waals surface area contributed by atoms with Crippen molar-refractivity contribution < 1.29 is 9.53 Å². The van der Waals surface area contributed by atoms with Gasteiger partial charge < -0.3 is 4.74 Å². The maximum Gasteiger partial charge on any atom is 0.257 e. The van der Waals surface area contributed by atoms with E-state index in [9.17, 15) is 4.79 Å². The zero-order valence-corrected chi connectivity index (χ0v) is 10.0. The van der Waals surface area contributed by atoms with Gasteiger partial charge in [-0.05, 0) is 17.7 Å². The minimum absolute atomic E-state index is 0.189. The molecule has 2 rings (SSSR count). The molecule has 1 amide bonds. The number of hydrogen-bond acceptors (Lipinski definition) is 5. The Hall–Kier alpha value is -1.79. The predicted octanol–water partition coefficient (Wildman–Crippen LogP) is 1.94. The lowest BCUT2D eigenvalue weighted by Gasteiger charge is -2.03. The number of nitrogens with one attached hydrogen (secondary N) is 1. The summed E-state index contributed by atoms with van der Waals surface area (Å²) in [6.45, 7) is 0.540. The Bertz CT molecular complexity index is 482. The number of carbonyl (C=O) groups is 1. The summed E-state index contributed by atoms with van der Waals surface area (Å²) in [4.78, 5) is 11.8. The van der Waals surface area contributed by atoms with Crippen LogP contribution in [0.2, 0.25) is 0 Å². The first kappa shape index (κ1) is 11.7. The molecule has 5 nitrogen and oxygen atoms in total. The molecule has 0 spiro atoms. The summed E-state index contributed by atoms with van der Waals surface area (Å²) >= 11 is 1.28. The van der Waals surface area contributed by atoms with Gasteiger partial charge in [-0.2, -0.15) is 0 Å². The van der Waals surface area contributed by atoms with Gasteiger partial charge in [0, 0.05) is 12.7 Å². The summed E-state index contributed by atoms with van der Waals surface area (Å²) in [6, 6.07) is 7.23. The van der Waals surface area contributed by atoms with Gasteiger partial charge in [0.15, 0.2) is 0 Å². The monoisotopic (exact) mass is 249 g/mol. The molecule has 0 fully saturated rings. The van der Waals surface area contributed by atoms with Crippen molar-refractivity contribution >= 4 is 22.4 Å². The topological polar surface area (TPSA) is 64.1 Å². The highest BCUT2D eigenvalue weighted by molar-refractivity contribution is 7.13. The normalized spacial score (nSPS) is 10.2. The summed E-state index contributed by atoms with van der Waals surface area (Å²) < 4.78 is 5.00. The van der Waals surface area contributed by atoms with Crippen LogP contribution in [0.4, 0.5) is 5.13 Å². The lowest BCUT2D eigenvalue weighted by molar-refractivity contribution is 0.102. The van der Waals surface area contributed by atoms with Gasteiger partial charge in [-0.3, -0.25) is 10.1 Å². The Kier molecular flexibility index (Phi) is 3.79. The first-order chi connectivity index (χ1) is 8.29. The molecule has 1 aromatic heterocycles. The third kappa shape index (κ3) is 3.08. The fourth-order valence-electron chi connectivity index (χ4n) is 1.32. The molecular formula is C11H11N3O2S. The van der Waals surface area contributed by atoms with Crippen LogP contribution in [-0.4, -0.2) is 23.2 Å². The highest BCUT2D eigenvalue weighted by Crippen LogP contribution is 2.11. The largest absolute Gasteiger partial charge is 0.380 e. The van der Waals surface area contributed by atoms with Crippen molar-refractivity contribution in [3.63, 3.8) is 0 Å². The number of methoxy groups -OCH3 is 1. The van der Waals surface area contributed by atoms with Crippen LogP contribution in [0, 0.1) is 0 Å². The highest BCUT2D eigenvalue weighted by Gasteiger charge is 2.07. The maximum atomic E-state index is 11.8. The molecular weight excluding hydrogens is 238 g/mol. The average Bonchev–Trinajstić information content (AvgIpc) is 2.83. The molecule has 1 heterocycles. The SMILES string of the molecule is COCc1ccc(C(=O)Nc2nncs2)cc1. The Balaban J connectivity index is 2.04. The molecule has 1 aromatic carbocycles. The summed E-state index contributed by atoms with van der Waals surface area (Å²) in [5.74, 6) is -0.189. The molecule has 6 heteroatoms. The lowest BCUT2D eigenvalue weighted by Crippen LogP contribution is -2.11. The summed E-state index contributed by atoms with van der Waals surface area (Å²) in [6.07, 6.45) is 0. The minimum Gasteiger partial charge on any atom is -0.380 e. The third-order valence-corrected chi connectivity index (χ3v) is 2.71. The molecule has 0 saturated carbocycles. The Morgan fingerprint density at radius 3 is 2.76 bits per heavy atom. The molecule has 2 aromatic rings. The quantitative estimate of drug-likeness (QED) is 0.899. The number of carbonyl (C=O) groups excluding carboxylic acids is 1. The van der Waals surface area contributed by atoms with Crippen molar-refractivity contribution in [2.45, 2.75) is 6.61 Å². The van der Waals surface area contributed by atoms with Crippen LogP contribution in [-0.2, 0) is 11.3 Å². The van der Waals surface area contributed by atoms with Gasteiger partial charge in [-0.1, -0.05) is 23.5 Å². The number of hydrogen-bond donors (Lipinski definition) is 1. The molecule has 0 aliphatic carbocycles. The van der Waals surface area contributed by atoms with E-state index < -0.39 is 0 Å². The van der Waals surface area contributed by atoms with Crippen LogP contribution in [0.15, 0.2) is 29.8 Å². The molecule has 0 radical (unpaired) electrons. The average molecular weight is 249 g/mol. The van der Waals surface area contributed by atoms with Crippen molar-refractivity contribution in [1.29, 1.82) is 0 Å². The fourth-order valence-corrected chi connectivity index (χ4v) is 1.76. The van der Waals surface area contributed by atoms with Crippen molar-refractivity contribution in [3.05, 3.63) is 40.9 Å². The van der Waals surface area contributed by atoms with Gasteiger partial charge in [0.05, 0.1) is 6.61 Å². The Labute approximate surface area is 102 Å². The van der Waals surface area contributed by atoms with Gasteiger partial charge in [0.25, 0.3) is 5.91 Å². The number of rotatable bonds is 4. The van der Waals surface area contributed by atoms with Crippen LogP contribution in [0.1, 0.15) is 15.9 Å². The van der Waals surface area contributed by atoms with Gasteiger partial charge >= 0.3 is 0 Å². The van der Waals surface area contributed by atoms with Crippen LogP contribution in [0.5, 0.6) is 0 Å². The van der Waals surface area contributed by atoms with Gasteiger partial charge in [0.1, 0.15) is 5.51 Å². The molecule has 88 valence electrons. The van der Waals surface area contributed by atoms with Crippen LogP contribution < -0.4 is 5.32 Å². The van der Waals surface area contributed by atoms with E-state index in [1.165, 1.54) is 11.3 Å². The van der Waals surface area contributed by atoms with Crippen molar-refractivity contribution in [1.82, 2.24) is 10.2 Å². The molecule has 0 aliphatic heterocycles. The lowest BCUT2D eigenvalue weighted by atomic mass is 10.1. The van der Waals surface area contributed by atoms with E-state index in [0.717, 1.165) is 5.56 Å². The molecule has 17 heavy (non-hydrogen) atoms. The van der Waals surface area contributed by atoms with Gasteiger partial charge in [0.2, 0.25) is 5.13 Å².